The highest BCUT2D eigenvalue weighted by Crippen LogP contribution is 2.25. The number of pyridine rings is 1. The molecule has 4 heteroatoms. The molecule has 0 spiro atoms. The number of fused-ring (bicyclic) bond motifs is 1. The number of para-hydroxylation sites is 1. The average Bonchev–Trinajstić information content (AvgIpc) is 2.55. The molecule has 1 aliphatic rings. The third kappa shape index (κ3) is 3.14. The average molecular weight is 299 g/mol. The Hall–Kier alpha value is -1.49. The predicted molar refractivity (Wildman–Crippen MR) is 89.8 cm³/mol. The molecule has 2 atom stereocenters. The molecule has 3 rings (SSSR count). The number of hydrogen-bond acceptors (Lipinski definition) is 4. The van der Waals surface area contributed by atoms with Crippen LogP contribution in [0.4, 0.5) is 0 Å². The van der Waals surface area contributed by atoms with Gasteiger partial charge in [-0.25, -0.2) is 0 Å². The van der Waals surface area contributed by atoms with Gasteiger partial charge in [0.1, 0.15) is 0 Å². The number of piperidine rings is 1. The number of likely N-dealkylation sites (tertiary alicyclic amines) is 1. The van der Waals surface area contributed by atoms with Crippen LogP contribution in [0.3, 0.4) is 0 Å². The SMILES string of the molecule is COC1CCN(Cc2cc(C)nc3ccccc23)C(CN)C1. The monoisotopic (exact) mass is 299 g/mol. The first kappa shape index (κ1) is 15.4. The maximum atomic E-state index is 6.00. The molecule has 0 bridgehead atoms. The van der Waals surface area contributed by atoms with E-state index in [4.69, 9.17) is 10.5 Å². The summed E-state index contributed by atoms with van der Waals surface area (Å²) >= 11 is 0. The predicted octanol–water partition coefficient (Wildman–Crippen LogP) is 2.48. The lowest BCUT2D eigenvalue weighted by atomic mass is 9.97. The molecule has 0 radical (unpaired) electrons. The molecule has 22 heavy (non-hydrogen) atoms. The second-order valence-electron chi connectivity index (χ2n) is 6.18. The molecule has 118 valence electrons. The second kappa shape index (κ2) is 6.73. The maximum Gasteiger partial charge on any atom is 0.0708 e. The van der Waals surface area contributed by atoms with Crippen molar-refractivity contribution in [3.63, 3.8) is 0 Å². The summed E-state index contributed by atoms with van der Waals surface area (Å²) in [7, 11) is 1.80. The Labute approximate surface area is 132 Å². The zero-order valence-electron chi connectivity index (χ0n) is 13.5. The molecule has 0 aliphatic carbocycles. The van der Waals surface area contributed by atoms with Gasteiger partial charge in [0.25, 0.3) is 0 Å². The minimum absolute atomic E-state index is 0.348. The zero-order chi connectivity index (χ0) is 15.5. The normalized spacial score (nSPS) is 23.0. The lowest BCUT2D eigenvalue weighted by Gasteiger charge is -2.38. The van der Waals surface area contributed by atoms with Gasteiger partial charge in [-0.2, -0.15) is 0 Å². The van der Waals surface area contributed by atoms with Gasteiger partial charge in [-0.1, -0.05) is 18.2 Å². The van der Waals surface area contributed by atoms with E-state index in [2.05, 4.69) is 41.1 Å². The van der Waals surface area contributed by atoms with Gasteiger partial charge in [0, 0.05) is 43.9 Å². The maximum absolute atomic E-state index is 6.00. The minimum Gasteiger partial charge on any atom is -0.381 e. The van der Waals surface area contributed by atoms with E-state index in [0.717, 1.165) is 37.1 Å². The number of ether oxygens (including phenoxy) is 1. The summed E-state index contributed by atoms with van der Waals surface area (Å²) in [5, 5.41) is 1.25. The first-order chi connectivity index (χ1) is 10.7. The van der Waals surface area contributed by atoms with Crippen molar-refractivity contribution in [3.8, 4) is 0 Å². The van der Waals surface area contributed by atoms with Gasteiger partial charge in [-0.3, -0.25) is 9.88 Å². The Morgan fingerprint density at radius 3 is 2.95 bits per heavy atom. The van der Waals surface area contributed by atoms with Crippen molar-refractivity contribution in [2.45, 2.75) is 38.5 Å². The van der Waals surface area contributed by atoms with Crippen molar-refractivity contribution in [1.82, 2.24) is 9.88 Å². The lowest BCUT2D eigenvalue weighted by molar-refractivity contribution is 0.0103. The number of hydrogen-bond donors (Lipinski definition) is 1. The first-order valence-electron chi connectivity index (χ1n) is 8.03. The molecular formula is C18H25N3O. The molecule has 1 aromatic carbocycles. The van der Waals surface area contributed by atoms with Gasteiger partial charge in [0.05, 0.1) is 11.6 Å². The zero-order valence-corrected chi connectivity index (χ0v) is 13.5. The molecule has 2 N–H and O–H groups in total. The second-order valence-corrected chi connectivity index (χ2v) is 6.18. The third-order valence-electron chi connectivity index (χ3n) is 4.70. The number of methoxy groups -OCH3 is 1. The quantitative estimate of drug-likeness (QED) is 0.942. The Balaban J connectivity index is 1.86. The minimum atomic E-state index is 0.348. The van der Waals surface area contributed by atoms with Gasteiger partial charge in [0.15, 0.2) is 0 Å². The first-order valence-corrected chi connectivity index (χ1v) is 8.03. The van der Waals surface area contributed by atoms with Crippen LogP contribution in [-0.4, -0.2) is 42.2 Å². The smallest absolute Gasteiger partial charge is 0.0708 e. The number of aryl methyl sites for hydroxylation is 1. The van der Waals surface area contributed by atoms with Gasteiger partial charge < -0.3 is 10.5 Å². The van der Waals surface area contributed by atoms with Crippen LogP contribution in [0.5, 0.6) is 0 Å². The van der Waals surface area contributed by atoms with Gasteiger partial charge in [0.2, 0.25) is 0 Å². The number of rotatable bonds is 4. The molecule has 1 fully saturated rings. The Morgan fingerprint density at radius 2 is 2.18 bits per heavy atom. The number of aromatic nitrogens is 1. The molecule has 1 aliphatic heterocycles. The van der Waals surface area contributed by atoms with E-state index in [9.17, 15) is 0 Å². The highest BCUT2D eigenvalue weighted by Gasteiger charge is 2.27. The molecular weight excluding hydrogens is 274 g/mol. The van der Waals surface area contributed by atoms with Crippen molar-refractivity contribution in [2.75, 3.05) is 20.2 Å². The standard InChI is InChI=1S/C18H25N3O/c1-13-9-14(17-5-3-4-6-18(17)20-13)12-21-8-7-16(22-2)10-15(21)11-19/h3-6,9,15-16H,7-8,10-12,19H2,1-2H3. The van der Waals surface area contributed by atoms with Crippen LogP contribution >= 0.6 is 0 Å². The topological polar surface area (TPSA) is 51.4 Å². The van der Waals surface area contributed by atoms with E-state index < -0.39 is 0 Å². The lowest BCUT2D eigenvalue weighted by Crippen LogP contribution is -2.48. The summed E-state index contributed by atoms with van der Waals surface area (Å²) in [6, 6.07) is 11.0. The molecule has 2 unspecified atom stereocenters. The van der Waals surface area contributed by atoms with Crippen LogP contribution in [0.1, 0.15) is 24.1 Å². The fourth-order valence-corrected chi connectivity index (χ4v) is 3.47. The van der Waals surface area contributed by atoms with Gasteiger partial charge in [-0.15, -0.1) is 0 Å². The van der Waals surface area contributed by atoms with E-state index >= 15 is 0 Å². The van der Waals surface area contributed by atoms with Crippen molar-refractivity contribution in [1.29, 1.82) is 0 Å². The Kier molecular flexibility index (Phi) is 4.71. The van der Waals surface area contributed by atoms with Gasteiger partial charge in [-0.05, 0) is 37.5 Å². The highest BCUT2D eigenvalue weighted by molar-refractivity contribution is 5.82. The summed E-state index contributed by atoms with van der Waals surface area (Å²) in [5.74, 6) is 0. The number of nitrogens with two attached hydrogens (primary N) is 1. The largest absolute Gasteiger partial charge is 0.381 e. The van der Waals surface area contributed by atoms with Crippen LogP contribution in [0.15, 0.2) is 30.3 Å². The molecule has 2 heterocycles. The molecule has 2 aromatic rings. The molecule has 0 saturated carbocycles. The van der Waals surface area contributed by atoms with Crippen LogP contribution in [0.25, 0.3) is 10.9 Å². The fraction of sp³-hybridized carbons (Fsp3) is 0.500. The Bertz CT molecular complexity index is 643. The molecule has 1 saturated heterocycles. The van der Waals surface area contributed by atoms with E-state index in [1.165, 1.54) is 10.9 Å². The molecule has 4 nitrogen and oxygen atoms in total. The van der Waals surface area contributed by atoms with Crippen molar-refractivity contribution < 1.29 is 4.74 Å². The van der Waals surface area contributed by atoms with E-state index in [1.807, 2.05) is 6.07 Å². The van der Waals surface area contributed by atoms with Crippen LogP contribution < -0.4 is 5.73 Å². The van der Waals surface area contributed by atoms with Crippen LogP contribution in [0.2, 0.25) is 0 Å². The number of nitrogens with zero attached hydrogens (tertiary/aromatic N) is 2. The van der Waals surface area contributed by atoms with E-state index in [1.54, 1.807) is 7.11 Å². The van der Waals surface area contributed by atoms with Crippen molar-refractivity contribution >= 4 is 10.9 Å². The third-order valence-corrected chi connectivity index (χ3v) is 4.70. The Morgan fingerprint density at radius 1 is 1.36 bits per heavy atom. The summed E-state index contributed by atoms with van der Waals surface area (Å²) in [6.07, 6.45) is 2.45. The summed E-state index contributed by atoms with van der Waals surface area (Å²) in [4.78, 5) is 7.13. The van der Waals surface area contributed by atoms with Crippen LogP contribution in [-0.2, 0) is 11.3 Å². The molecule has 1 aromatic heterocycles. The van der Waals surface area contributed by atoms with Gasteiger partial charge >= 0.3 is 0 Å². The summed E-state index contributed by atoms with van der Waals surface area (Å²) in [6.45, 7) is 4.72. The summed E-state index contributed by atoms with van der Waals surface area (Å²) in [5.41, 5.74) is 9.49. The summed E-state index contributed by atoms with van der Waals surface area (Å²) < 4.78 is 5.52. The molecule has 0 amide bonds. The highest BCUT2D eigenvalue weighted by atomic mass is 16.5. The van der Waals surface area contributed by atoms with E-state index in [0.29, 0.717) is 18.7 Å². The number of benzene rings is 1. The van der Waals surface area contributed by atoms with Crippen LogP contribution in [0, 0.1) is 6.92 Å². The van der Waals surface area contributed by atoms with Crippen molar-refractivity contribution in [2.24, 2.45) is 5.73 Å². The van der Waals surface area contributed by atoms with E-state index in [-0.39, 0.29) is 0 Å². The fourth-order valence-electron chi connectivity index (χ4n) is 3.47. The van der Waals surface area contributed by atoms with Crippen molar-refractivity contribution in [3.05, 3.63) is 41.6 Å².